The molecule has 1 heterocycles. The van der Waals surface area contributed by atoms with Crippen LogP contribution >= 0.6 is 23.2 Å². The van der Waals surface area contributed by atoms with Gasteiger partial charge in [-0.2, -0.15) is 0 Å². The van der Waals surface area contributed by atoms with Gasteiger partial charge in [0.05, 0.1) is 10.7 Å². The SMILES string of the molecule is O=C(Nc1cc(F)cc(F)c1F)c1nc(Cl)ccc1Cl. The summed E-state index contributed by atoms with van der Waals surface area (Å²) in [5.74, 6) is -4.80. The summed E-state index contributed by atoms with van der Waals surface area (Å²) in [6.45, 7) is 0. The minimum absolute atomic E-state index is 0.00885. The van der Waals surface area contributed by atoms with Crippen molar-refractivity contribution in [2.45, 2.75) is 0 Å². The van der Waals surface area contributed by atoms with Crippen molar-refractivity contribution in [3.8, 4) is 0 Å². The maximum Gasteiger partial charge on any atom is 0.275 e. The van der Waals surface area contributed by atoms with Crippen molar-refractivity contribution < 1.29 is 18.0 Å². The van der Waals surface area contributed by atoms with E-state index in [1.807, 2.05) is 5.32 Å². The molecule has 8 heteroatoms. The zero-order valence-electron chi connectivity index (χ0n) is 9.55. The first-order chi connectivity index (χ1) is 9.38. The van der Waals surface area contributed by atoms with E-state index >= 15 is 0 Å². The van der Waals surface area contributed by atoms with Crippen LogP contribution in [0.4, 0.5) is 18.9 Å². The summed E-state index contributed by atoms with van der Waals surface area (Å²) in [5.41, 5.74) is -0.950. The Hall–Kier alpha value is -1.79. The van der Waals surface area contributed by atoms with Crippen molar-refractivity contribution in [2.75, 3.05) is 5.32 Å². The molecule has 0 atom stereocenters. The highest BCUT2D eigenvalue weighted by atomic mass is 35.5. The van der Waals surface area contributed by atoms with Gasteiger partial charge in [-0.1, -0.05) is 23.2 Å². The second kappa shape index (κ2) is 5.68. The summed E-state index contributed by atoms with van der Waals surface area (Å²) < 4.78 is 39.4. The van der Waals surface area contributed by atoms with E-state index in [4.69, 9.17) is 23.2 Å². The zero-order chi connectivity index (χ0) is 14.9. The molecule has 104 valence electrons. The van der Waals surface area contributed by atoms with E-state index in [-0.39, 0.29) is 15.9 Å². The molecule has 2 rings (SSSR count). The fraction of sp³-hybridized carbons (Fsp3) is 0. The minimum Gasteiger partial charge on any atom is -0.318 e. The number of carbonyl (C=O) groups excluding carboxylic acids is 1. The number of hydrogen-bond acceptors (Lipinski definition) is 2. The van der Waals surface area contributed by atoms with E-state index in [1.165, 1.54) is 12.1 Å². The van der Waals surface area contributed by atoms with Crippen molar-refractivity contribution in [3.63, 3.8) is 0 Å². The number of anilines is 1. The van der Waals surface area contributed by atoms with Crippen molar-refractivity contribution in [3.05, 3.63) is 57.6 Å². The smallest absolute Gasteiger partial charge is 0.275 e. The summed E-state index contributed by atoms with van der Waals surface area (Å²) in [5, 5.41) is 1.93. The lowest BCUT2D eigenvalue weighted by Crippen LogP contribution is -2.16. The zero-order valence-corrected chi connectivity index (χ0v) is 11.1. The first-order valence-corrected chi connectivity index (χ1v) is 5.92. The van der Waals surface area contributed by atoms with Crippen LogP contribution in [0.25, 0.3) is 0 Å². The molecule has 1 N–H and O–H groups in total. The molecule has 0 unspecified atom stereocenters. The van der Waals surface area contributed by atoms with Gasteiger partial charge >= 0.3 is 0 Å². The summed E-state index contributed by atoms with van der Waals surface area (Å²) in [6.07, 6.45) is 0. The molecule has 3 nitrogen and oxygen atoms in total. The molecule has 0 spiro atoms. The number of pyridine rings is 1. The van der Waals surface area contributed by atoms with E-state index in [2.05, 4.69) is 4.98 Å². The Morgan fingerprint density at radius 3 is 2.55 bits per heavy atom. The van der Waals surface area contributed by atoms with Crippen LogP contribution in [-0.4, -0.2) is 10.9 Å². The molecule has 0 radical (unpaired) electrons. The van der Waals surface area contributed by atoms with E-state index < -0.39 is 29.0 Å². The molecule has 1 aromatic heterocycles. The van der Waals surface area contributed by atoms with Crippen LogP contribution in [0.15, 0.2) is 24.3 Å². The van der Waals surface area contributed by atoms with Gasteiger partial charge in [0.2, 0.25) is 0 Å². The van der Waals surface area contributed by atoms with Crippen LogP contribution in [-0.2, 0) is 0 Å². The Kier molecular flexibility index (Phi) is 4.15. The first-order valence-electron chi connectivity index (χ1n) is 5.16. The third-order valence-electron chi connectivity index (χ3n) is 2.27. The highest BCUT2D eigenvalue weighted by Gasteiger charge is 2.17. The Labute approximate surface area is 121 Å². The number of halogens is 5. The van der Waals surface area contributed by atoms with Gasteiger partial charge in [-0.3, -0.25) is 4.79 Å². The average molecular weight is 321 g/mol. The molecule has 0 fully saturated rings. The molecule has 0 saturated carbocycles. The number of hydrogen-bond donors (Lipinski definition) is 1. The fourth-order valence-corrected chi connectivity index (χ4v) is 1.74. The maximum atomic E-state index is 13.4. The van der Waals surface area contributed by atoms with Crippen LogP contribution in [0.1, 0.15) is 10.5 Å². The number of amides is 1. The molecule has 0 saturated heterocycles. The van der Waals surface area contributed by atoms with Crippen LogP contribution in [0, 0.1) is 17.5 Å². The monoisotopic (exact) mass is 320 g/mol. The Morgan fingerprint density at radius 1 is 1.15 bits per heavy atom. The molecular formula is C12H5Cl2F3N2O. The normalized spacial score (nSPS) is 10.4. The van der Waals surface area contributed by atoms with Crippen LogP contribution in [0.2, 0.25) is 10.2 Å². The summed E-state index contributed by atoms with van der Waals surface area (Å²) in [6, 6.07) is 3.65. The third-order valence-corrected chi connectivity index (χ3v) is 2.78. The Bertz CT molecular complexity index is 695. The molecule has 1 amide bonds. The standard InChI is InChI=1S/C12H5Cl2F3N2O/c13-6-1-2-9(14)19-11(6)12(20)18-8-4-5(15)3-7(16)10(8)17/h1-4H,(H,18,20). The van der Waals surface area contributed by atoms with Crippen LogP contribution < -0.4 is 5.32 Å². The van der Waals surface area contributed by atoms with Gasteiger partial charge < -0.3 is 5.32 Å². The number of aromatic nitrogens is 1. The number of rotatable bonds is 2. The van der Waals surface area contributed by atoms with E-state index in [0.29, 0.717) is 12.1 Å². The lowest BCUT2D eigenvalue weighted by Gasteiger charge is -2.08. The quantitative estimate of drug-likeness (QED) is 0.669. The van der Waals surface area contributed by atoms with Crippen molar-refractivity contribution in [1.29, 1.82) is 0 Å². The van der Waals surface area contributed by atoms with Crippen molar-refractivity contribution in [1.82, 2.24) is 4.98 Å². The van der Waals surface area contributed by atoms with Gasteiger partial charge in [-0.15, -0.1) is 0 Å². The van der Waals surface area contributed by atoms with E-state index in [1.54, 1.807) is 0 Å². The van der Waals surface area contributed by atoms with Gasteiger partial charge in [0.15, 0.2) is 11.6 Å². The first kappa shape index (κ1) is 14.6. The molecule has 20 heavy (non-hydrogen) atoms. The van der Waals surface area contributed by atoms with Crippen molar-refractivity contribution >= 4 is 34.8 Å². The summed E-state index contributed by atoms with van der Waals surface area (Å²) in [7, 11) is 0. The lowest BCUT2D eigenvalue weighted by molar-refractivity contribution is 0.102. The number of nitrogens with zero attached hydrogens (tertiary/aromatic N) is 1. The third kappa shape index (κ3) is 3.02. The van der Waals surface area contributed by atoms with Gasteiger partial charge in [0.1, 0.15) is 16.7 Å². The second-order valence-electron chi connectivity index (χ2n) is 3.67. The molecule has 0 bridgehead atoms. The Balaban J connectivity index is 2.35. The largest absolute Gasteiger partial charge is 0.318 e. The lowest BCUT2D eigenvalue weighted by atomic mass is 10.2. The molecular weight excluding hydrogens is 316 g/mol. The summed E-state index contributed by atoms with van der Waals surface area (Å²) in [4.78, 5) is 15.5. The predicted molar refractivity (Wildman–Crippen MR) is 68.5 cm³/mol. The fourth-order valence-electron chi connectivity index (χ4n) is 1.41. The highest BCUT2D eigenvalue weighted by molar-refractivity contribution is 6.35. The van der Waals surface area contributed by atoms with Crippen LogP contribution in [0.3, 0.4) is 0 Å². The van der Waals surface area contributed by atoms with Gasteiger partial charge in [0.25, 0.3) is 5.91 Å². The van der Waals surface area contributed by atoms with Gasteiger partial charge in [-0.25, -0.2) is 18.2 Å². The number of benzene rings is 1. The second-order valence-corrected chi connectivity index (χ2v) is 4.46. The molecule has 0 aliphatic carbocycles. The topological polar surface area (TPSA) is 42.0 Å². The van der Waals surface area contributed by atoms with Crippen LogP contribution in [0.5, 0.6) is 0 Å². The van der Waals surface area contributed by atoms with E-state index in [9.17, 15) is 18.0 Å². The molecule has 0 aliphatic rings. The molecule has 1 aromatic carbocycles. The van der Waals surface area contributed by atoms with Crippen molar-refractivity contribution in [2.24, 2.45) is 0 Å². The average Bonchev–Trinajstić information content (AvgIpc) is 2.38. The number of nitrogens with one attached hydrogen (secondary N) is 1. The molecule has 0 aliphatic heterocycles. The number of carbonyl (C=O) groups is 1. The Morgan fingerprint density at radius 2 is 1.85 bits per heavy atom. The maximum absolute atomic E-state index is 13.4. The van der Waals surface area contributed by atoms with E-state index in [0.717, 1.165) is 0 Å². The minimum atomic E-state index is -1.43. The molecule has 2 aromatic rings. The highest BCUT2D eigenvalue weighted by Crippen LogP contribution is 2.22. The predicted octanol–water partition coefficient (Wildman–Crippen LogP) is 4.06. The van der Waals surface area contributed by atoms with Gasteiger partial charge in [-0.05, 0) is 12.1 Å². The summed E-state index contributed by atoms with van der Waals surface area (Å²) >= 11 is 11.3. The van der Waals surface area contributed by atoms with Gasteiger partial charge in [0, 0.05) is 12.1 Å².